The van der Waals surface area contributed by atoms with Crippen molar-refractivity contribution in [3.05, 3.63) is 284 Å². The van der Waals surface area contributed by atoms with E-state index in [0.717, 1.165) is 65.7 Å². The maximum atomic E-state index is 13.1. The van der Waals surface area contributed by atoms with Crippen molar-refractivity contribution in [1.29, 1.82) is 0 Å². The lowest BCUT2D eigenvalue weighted by Gasteiger charge is -2.21. The van der Waals surface area contributed by atoms with Gasteiger partial charge < -0.3 is 122 Å². The highest BCUT2D eigenvalue weighted by Crippen LogP contribution is 2.35. The van der Waals surface area contributed by atoms with Crippen LogP contribution in [0, 0.1) is 0 Å². The molecular formula is C106H138N16O21S3. The molecule has 3 aromatic heterocycles. The second-order valence-corrected chi connectivity index (χ2v) is 38.0. The molecule has 0 unspecified atom stereocenters. The Balaban J connectivity index is 0.000000314. The first-order valence-corrected chi connectivity index (χ1v) is 48.7. The standard InChI is InChI=1S/C28H34N4O5S.C23H26N4O3S.C15H18N2O2S.C14H20N2O4.C13H18N2O4.C9H11NO2.C4H11NO/c1-28(2,3)37-27(35)31-22-13-12-21(24-7-6-16-38-24)17-23(22)30-25(33)20-10-8-19(9-11-20)18-29-26(34)36-15-14-32(4)5;1-27(2)11-12-30-23(29)25-15-16-5-7-17(8-6-16)22(28)26-20-14-18(9-10-19(20)24)21-4-3-13-31-21;1-15(2,3)19-14(18)17-12-7-6-10(9-11(12)16)13-5-4-8-20-13;1-16(2)8-9-20-14(18)15-10-11-4-6-12(7-5-11)13(17)19-3;1-15(2)7-8-19-13(18)14-9-10-3-5-11(6-4-10)12(16)17;1-12-9(11)8-4-2-7(6-10)3-5-8;1-5(2)3-4-6/h6-13,16-17H,14-15,18H2,1-5H3,(H,29,34)(H,30,33)(H,31,35);3-10,13-14H,11-12,15,24H2,1-2H3,(H,25,29)(H,26,28);4-9H,16H2,1-3H3,(H,17,18);4-7H,8-10H2,1-3H3,(H,15,18);3-6H,7-9H2,1-2H3,(H,14,18)(H,16,17);2-5H,6,10H2,1H3;6H,3-4H2,1-2H3. The number of likely N-dealkylation sites (N-methyl/N-ethyl adjacent to an activating group) is 5. The van der Waals surface area contributed by atoms with Crippen LogP contribution in [0.15, 0.2) is 228 Å². The number of aliphatic hydroxyl groups is 1. The molecule has 3 heterocycles. The minimum atomic E-state index is -0.970. The summed E-state index contributed by atoms with van der Waals surface area (Å²) >= 11 is 4.85. The number of amides is 8. The number of thiophene rings is 3. The molecule has 40 heteroatoms. The van der Waals surface area contributed by atoms with Crippen molar-refractivity contribution in [3.63, 3.8) is 0 Å². The number of aromatic carboxylic acids is 1. The van der Waals surface area contributed by atoms with E-state index in [-0.39, 0.29) is 42.5 Å². The van der Waals surface area contributed by atoms with Crippen molar-refractivity contribution in [3.8, 4) is 31.3 Å². The minimum absolute atomic E-state index is 0.220. The van der Waals surface area contributed by atoms with E-state index in [1.165, 1.54) is 26.4 Å². The van der Waals surface area contributed by atoms with Gasteiger partial charge >= 0.3 is 54.5 Å². The summed E-state index contributed by atoms with van der Waals surface area (Å²) in [6.45, 7) is 17.5. The van der Waals surface area contributed by atoms with Gasteiger partial charge in [0.25, 0.3) is 11.8 Å². The second-order valence-electron chi connectivity index (χ2n) is 35.1. The molecule has 16 N–H and O–H groups in total. The molecule has 8 aromatic carbocycles. The second kappa shape index (κ2) is 64.7. The normalized spacial score (nSPS) is 10.6. The number of carboxylic acids is 1. The number of benzene rings is 8. The number of nitrogens with one attached hydrogen (secondary N) is 8. The van der Waals surface area contributed by atoms with Crippen molar-refractivity contribution in [2.75, 3.05) is 183 Å². The van der Waals surface area contributed by atoms with Crippen LogP contribution in [0.4, 0.5) is 62.9 Å². The molecule has 0 aliphatic heterocycles. The number of nitrogens with zero attached hydrogens (tertiary/aromatic N) is 5. The van der Waals surface area contributed by atoms with Gasteiger partial charge in [0.1, 0.15) is 37.6 Å². The predicted octanol–water partition coefficient (Wildman–Crippen LogP) is 17.1. The zero-order valence-electron chi connectivity index (χ0n) is 85.9. The number of nitrogens with two attached hydrogens (primary N) is 3. The van der Waals surface area contributed by atoms with Gasteiger partial charge in [0, 0.05) is 91.2 Å². The molecule has 0 bridgehead atoms. The molecule has 0 aliphatic rings. The van der Waals surface area contributed by atoms with Crippen LogP contribution < -0.4 is 59.7 Å². The molecule has 8 amide bonds. The fourth-order valence-electron chi connectivity index (χ4n) is 11.6. The number of alkyl carbamates (subject to hydrolysis) is 4. The number of carboxylic acid groups (broad SMARTS) is 1. The molecule has 0 fully saturated rings. The Morgan fingerprint density at radius 2 is 0.623 bits per heavy atom. The van der Waals surface area contributed by atoms with Gasteiger partial charge in [-0.05, 0) is 288 Å². The SMILES string of the molecule is CC(C)(C)OC(=O)Nc1ccc(-c2cccs2)cc1N.CN(C)CCO.CN(C)CCOC(=O)NCc1ccc(C(=O)Nc2cc(-c3cccs3)ccc2N)cc1.CN(C)CCOC(=O)NCc1ccc(C(=O)Nc2cc(-c3cccs3)ccc2NC(=O)OC(C)(C)C)cc1.CN(C)CCOC(=O)NCc1ccc(C(=O)O)cc1.COC(=O)c1ccc(CN)cc1.COC(=O)c1ccc(CNC(=O)OCCN(C)C)cc1. The monoisotopic (exact) mass is 2070 g/mol. The summed E-state index contributed by atoms with van der Waals surface area (Å²) in [6, 6.07) is 62.6. The molecule has 11 aromatic rings. The van der Waals surface area contributed by atoms with Gasteiger partial charge in [0.2, 0.25) is 0 Å². The van der Waals surface area contributed by atoms with Crippen LogP contribution in [0.25, 0.3) is 31.3 Å². The van der Waals surface area contributed by atoms with E-state index in [0.29, 0.717) is 135 Å². The van der Waals surface area contributed by atoms with E-state index in [1.807, 2.05) is 217 Å². The average molecular weight is 2070 g/mol. The van der Waals surface area contributed by atoms with E-state index >= 15 is 0 Å². The Morgan fingerprint density at radius 1 is 0.329 bits per heavy atom. The average Bonchev–Trinajstić information content (AvgIpc) is 1.33. The molecule has 0 atom stereocenters. The molecule has 786 valence electrons. The van der Waals surface area contributed by atoms with Gasteiger partial charge in [-0.1, -0.05) is 97.1 Å². The maximum absolute atomic E-state index is 13.1. The lowest BCUT2D eigenvalue weighted by Crippen LogP contribution is -2.27. The van der Waals surface area contributed by atoms with Gasteiger partial charge in [0.15, 0.2) is 0 Å². The van der Waals surface area contributed by atoms with Crippen molar-refractivity contribution >= 4 is 134 Å². The van der Waals surface area contributed by atoms with Crippen LogP contribution in [0.2, 0.25) is 0 Å². The van der Waals surface area contributed by atoms with Crippen LogP contribution in [-0.2, 0) is 70.6 Å². The van der Waals surface area contributed by atoms with Gasteiger partial charge in [0.05, 0.1) is 71.6 Å². The summed E-state index contributed by atoms with van der Waals surface area (Å²) in [7, 11) is 21.8. The van der Waals surface area contributed by atoms with E-state index < -0.39 is 53.7 Å². The highest BCUT2D eigenvalue weighted by molar-refractivity contribution is 7.14. The van der Waals surface area contributed by atoms with Crippen LogP contribution in [0.3, 0.4) is 0 Å². The van der Waals surface area contributed by atoms with Gasteiger partial charge in [-0.3, -0.25) is 20.2 Å². The van der Waals surface area contributed by atoms with Crippen molar-refractivity contribution in [2.45, 2.75) is 85.5 Å². The third-order valence-corrected chi connectivity index (χ3v) is 22.1. The Morgan fingerprint density at radius 3 is 0.911 bits per heavy atom. The van der Waals surface area contributed by atoms with Crippen molar-refractivity contribution in [2.24, 2.45) is 5.73 Å². The fraction of sp³-hybridized carbons (Fsp3) is 0.330. The van der Waals surface area contributed by atoms with Crippen LogP contribution >= 0.6 is 34.0 Å². The third kappa shape index (κ3) is 49.9. The molecule has 0 spiro atoms. The first-order valence-electron chi connectivity index (χ1n) is 46.0. The van der Waals surface area contributed by atoms with E-state index in [1.54, 1.807) is 170 Å². The van der Waals surface area contributed by atoms with Crippen LogP contribution in [0.5, 0.6) is 0 Å². The number of methoxy groups -OCH3 is 2. The predicted molar refractivity (Wildman–Crippen MR) is 576 cm³/mol. The number of ether oxygens (including phenoxy) is 8. The Labute approximate surface area is 865 Å². The van der Waals surface area contributed by atoms with E-state index in [9.17, 15) is 52.7 Å². The number of carbonyl (C=O) groups excluding carboxylic acids is 10. The molecule has 11 rings (SSSR count). The largest absolute Gasteiger partial charge is 0.478 e. The summed E-state index contributed by atoms with van der Waals surface area (Å²) in [5, 5.41) is 44.7. The first kappa shape index (κ1) is 122. The summed E-state index contributed by atoms with van der Waals surface area (Å²) in [4.78, 5) is 142. The number of carbonyl (C=O) groups is 11. The first-order chi connectivity index (χ1) is 69.3. The van der Waals surface area contributed by atoms with Gasteiger partial charge in [-0.2, -0.15) is 0 Å². The van der Waals surface area contributed by atoms with E-state index in [4.69, 9.17) is 55.8 Å². The number of anilines is 6. The molecule has 0 radical (unpaired) electrons. The Hall–Kier alpha value is -14.9. The zero-order valence-corrected chi connectivity index (χ0v) is 88.3. The number of nitrogen functional groups attached to an aromatic ring is 2. The topological polar surface area (TPSA) is 493 Å². The Kier molecular flexibility index (Phi) is 53.9. The summed E-state index contributed by atoms with van der Waals surface area (Å²) in [5.41, 5.74) is 28.7. The van der Waals surface area contributed by atoms with Crippen LogP contribution in [0.1, 0.15) is 121 Å². The molecule has 37 nitrogen and oxygen atoms in total. The third-order valence-electron chi connectivity index (χ3n) is 19.3. The summed E-state index contributed by atoms with van der Waals surface area (Å²) < 4.78 is 39.8. The molecule has 146 heavy (non-hydrogen) atoms. The van der Waals surface area contributed by atoms with Crippen molar-refractivity contribution in [1.82, 2.24) is 45.8 Å². The smallest absolute Gasteiger partial charge is 0.412 e. The Bertz CT molecular complexity index is 5830. The molecular weight excluding hydrogens is 1930 g/mol. The van der Waals surface area contributed by atoms with Gasteiger partial charge in [-0.25, -0.2) is 43.2 Å². The zero-order chi connectivity index (χ0) is 108. The number of aliphatic hydroxyl groups excluding tert-OH is 1. The number of rotatable bonds is 35. The van der Waals surface area contributed by atoms with Gasteiger partial charge in [-0.15, -0.1) is 34.0 Å². The fourth-order valence-corrected chi connectivity index (χ4v) is 13.7. The number of hydrogen-bond donors (Lipinski definition) is 13. The number of hydrogen-bond acceptors (Lipinski definition) is 31. The lowest BCUT2D eigenvalue weighted by molar-refractivity contribution is 0.0592. The molecule has 0 saturated carbocycles. The number of esters is 2. The quantitative estimate of drug-likeness (QED) is 0.00996. The molecule has 0 aliphatic carbocycles. The molecule has 0 saturated heterocycles. The highest BCUT2D eigenvalue weighted by atomic mass is 32.1. The highest BCUT2D eigenvalue weighted by Gasteiger charge is 2.22. The van der Waals surface area contributed by atoms with E-state index in [2.05, 4.69) is 52.0 Å². The maximum Gasteiger partial charge on any atom is 0.412 e. The lowest BCUT2D eigenvalue weighted by atomic mass is 10.1. The van der Waals surface area contributed by atoms with Crippen molar-refractivity contribution < 1.29 is 101 Å². The minimum Gasteiger partial charge on any atom is -0.478 e. The summed E-state index contributed by atoms with van der Waals surface area (Å²) in [6.07, 6.45) is -3.02. The summed E-state index contributed by atoms with van der Waals surface area (Å²) in [5.74, 6) is -2.27. The van der Waals surface area contributed by atoms with Crippen LogP contribution in [-0.4, -0.2) is 263 Å².